The van der Waals surface area contributed by atoms with E-state index in [1.807, 2.05) is 0 Å². The fraction of sp³-hybridized carbons (Fsp3) is 0.857. The summed E-state index contributed by atoms with van der Waals surface area (Å²) in [6, 6.07) is 0.300. The highest BCUT2D eigenvalue weighted by atomic mass is 16.5. The maximum Gasteiger partial charge on any atom is 0.111 e. The summed E-state index contributed by atoms with van der Waals surface area (Å²) in [5, 5.41) is 0. The maximum absolute atomic E-state index is 5.81. The molecule has 0 spiro atoms. The monoisotopic (exact) mass is 234 g/mol. The molecule has 5 unspecified atom stereocenters. The highest BCUT2D eigenvalue weighted by Crippen LogP contribution is 2.70. The van der Waals surface area contributed by atoms with Crippen molar-refractivity contribution in [1.82, 2.24) is 5.43 Å². The van der Waals surface area contributed by atoms with E-state index in [0.29, 0.717) is 6.04 Å². The van der Waals surface area contributed by atoms with Gasteiger partial charge >= 0.3 is 0 Å². The van der Waals surface area contributed by atoms with Gasteiger partial charge in [-0.05, 0) is 67.8 Å². The lowest BCUT2D eigenvalue weighted by Gasteiger charge is -2.25. The molecule has 1 aliphatic heterocycles. The fourth-order valence-corrected chi connectivity index (χ4v) is 5.01. The summed E-state index contributed by atoms with van der Waals surface area (Å²) < 4.78 is 5.81. The van der Waals surface area contributed by atoms with Crippen molar-refractivity contribution in [2.45, 2.75) is 38.1 Å². The number of allylic oxidation sites excluding steroid dienone is 1. The molecular weight excluding hydrogens is 212 g/mol. The molecule has 17 heavy (non-hydrogen) atoms. The maximum atomic E-state index is 5.81. The molecule has 1 heterocycles. The molecule has 4 rings (SSSR count). The molecule has 0 amide bonds. The van der Waals surface area contributed by atoms with Crippen molar-refractivity contribution >= 4 is 0 Å². The molecule has 3 N–H and O–H groups in total. The Labute approximate surface area is 103 Å². The fourth-order valence-electron chi connectivity index (χ4n) is 5.01. The van der Waals surface area contributed by atoms with Crippen molar-refractivity contribution in [3.05, 3.63) is 11.8 Å². The van der Waals surface area contributed by atoms with E-state index in [-0.39, 0.29) is 0 Å². The van der Waals surface area contributed by atoms with Crippen LogP contribution < -0.4 is 11.3 Å². The van der Waals surface area contributed by atoms with Crippen LogP contribution in [-0.2, 0) is 4.74 Å². The molecule has 0 aromatic heterocycles. The predicted octanol–water partition coefficient (Wildman–Crippen LogP) is 1.80. The summed E-state index contributed by atoms with van der Waals surface area (Å²) in [6.45, 7) is 0.874. The molecule has 0 radical (unpaired) electrons. The average molecular weight is 234 g/mol. The van der Waals surface area contributed by atoms with E-state index in [0.717, 1.165) is 54.8 Å². The number of rotatable bonds is 3. The molecule has 0 aromatic carbocycles. The third kappa shape index (κ3) is 1.42. The Bertz CT molecular complexity index is 338. The van der Waals surface area contributed by atoms with E-state index in [4.69, 9.17) is 10.6 Å². The normalized spacial score (nSPS) is 48.3. The van der Waals surface area contributed by atoms with E-state index in [1.165, 1.54) is 19.3 Å². The van der Waals surface area contributed by atoms with Gasteiger partial charge in [0, 0.05) is 0 Å². The summed E-state index contributed by atoms with van der Waals surface area (Å²) in [6.07, 6.45) is 9.01. The SMILES string of the molecule is NNC(C1=CCCCO1)C1C2C3CCC(C3)C21. The Kier molecular flexibility index (Phi) is 2.28. The lowest BCUT2D eigenvalue weighted by atomic mass is 9.96. The Morgan fingerprint density at radius 1 is 1.29 bits per heavy atom. The summed E-state index contributed by atoms with van der Waals surface area (Å²) in [7, 11) is 0. The summed E-state index contributed by atoms with van der Waals surface area (Å²) in [5.41, 5.74) is 3.04. The van der Waals surface area contributed by atoms with Crippen LogP contribution in [0.2, 0.25) is 0 Å². The molecule has 3 nitrogen and oxygen atoms in total. The zero-order chi connectivity index (χ0) is 11.4. The van der Waals surface area contributed by atoms with Crippen molar-refractivity contribution in [1.29, 1.82) is 0 Å². The Hall–Kier alpha value is -0.540. The van der Waals surface area contributed by atoms with Crippen LogP contribution in [-0.4, -0.2) is 12.6 Å². The lowest BCUT2D eigenvalue weighted by Crippen LogP contribution is -2.41. The molecule has 3 aliphatic carbocycles. The van der Waals surface area contributed by atoms with Crippen molar-refractivity contribution in [3.8, 4) is 0 Å². The van der Waals surface area contributed by atoms with Gasteiger partial charge in [0.2, 0.25) is 0 Å². The van der Waals surface area contributed by atoms with E-state index >= 15 is 0 Å². The minimum absolute atomic E-state index is 0.300. The van der Waals surface area contributed by atoms with Gasteiger partial charge < -0.3 is 4.74 Å². The van der Waals surface area contributed by atoms with E-state index < -0.39 is 0 Å². The molecule has 3 fully saturated rings. The second-order valence-electron chi connectivity index (χ2n) is 6.31. The van der Waals surface area contributed by atoms with Crippen molar-refractivity contribution < 1.29 is 4.74 Å². The van der Waals surface area contributed by atoms with Gasteiger partial charge in [0.25, 0.3) is 0 Å². The van der Waals surface area contributed by atoms with E-state index in [2.05, 4.69) is 11.5 Å². The summed E-state index contributed by atoms with van der Waals surface area (Å²) in [5.74, 6) is 11.6. The third-order valence-corrected chi connectivity index (χ3v) is 5.63. The second-order valence-corrected chi connectivity index (χ2v) is 6.31. The molecule has 5 atom stereocenters. The molecule has 2 bridgehead atoms. The highest BCUT2D eigenvalue weighted by molar-refractivity contribution is 5.21. The zero-order valence-electron chi connectivity index (χ0n) is 10.3. The number of nitrogens with one attached hydrogen (secondary N) is 1. The predicted molar refractivity (Wildman–Crippen MR) is 65.7 cm³/mol. The number of nitrogens with two attached hydrogens (primary N) is 1. The van der Waals surface area contributed by atoms with Gasteiger partial charge in [-0.15, -0.1) is 0 Å². The van der Waals surface area contributed by atoms with Crippen LogP contribution in [0.3, 0.4) is 0 Å². The van der Waals surface area contributed by atoms with Crippen LogP contribution in [0.5, 0.6) is 0 Å². The zero-order valence-corrected chi connectivity index (χ0v) is 10.3. The second kappa shape index (κ2) is 3.72. The van der Waals surface area contributed by atoms with Gasteiger partial charge in [0.05, 0.1) is 12.6 Å². The Morgan fingerprint density at radius 3 is 2.65 bits per heavy atom. The molecular formula is C14H22N2O. The van der Waals surface area contributed by atoms with Gasteiger partial charge in [-0.25, -0.2) is 5.43 Å². The van der Waals surface area contributed by atoms with Crippen molar-refractivity contribution in [2.75, 3.05) is 6.61 Å². The molecule has 3 heteroatoms. The van der Waals surface area contributed by atoms with Crippen LogP contribution in [0.1, 0.15) is 32.1 Å². The molecule has 94 valence electrons. The summed E-state index contributed by atoms with van der Waals surface area (Å²) >= 11 is 0. The number of ether oxygens (including phenoxy) is 1. The first-order valence-corrected chi connectivity index (χ1v) is 7.19. The number of fused-ring (bicyclic) bond motifs is 5. The van der Waals surface area contributed by atoms with Gasteiger partial charge in [0.15, 0.2) is 0 Å². The van der Waals surface area contributed by atoms with Gasteiger partial charge in [0.1, 0.15) is 5.76 Å². The van der Waals surface area contributed by atoms with Gasteiger partial charge in [-0.1, -0.05) is 0 Å². The molecule has 3 saturated carbocycles. The van der Waals surface area contributed by atoms with Crippen molar-refractivity contribution in [3.63, 3.8) is 0 Å². The first kappa shape index (κ1) is 10.4. The van der Waals surface area contributed by atoms with Crippen LogP contribution in [0.25, 0.3) is 0 Å². The smallest absolute Gasteiger partial charge is 0.111 e. The van der Waals surface area contributed by atoms with Crippen molar-refractivity contribution in [2.24, 2.45) is 35.4 Å². The van der Waals surface area contributed by atoms with Crippen LogP contribution in [0, 0.1) is 29.6 Å². The quantitative estimate of drug-likeness (QED) is 0.578. The van der Waals surface area contributed by atoms with E-state index in [1.54, 1.807) is 0 Å². The summed E-state index contributed by atoms with van der Waals surface area (Å²) in [4.78, 5) is 0. The Balaban J connectivity index is 1.53. The van der Waals surface area contributed by atoms with Crippen LogP contribution >= 0.6 is 0 Å². The molecule has 4 aliphatic rings. The van der Waals surface area contributed by atoms with Gasteiger partial charge in [-0.3, -0.25) is 5.84 Å². The molecule has 0 saturated heterocycles. The topological polar surface area (TPSA) is 47.3 Å². The van der Waals surface area contributed by atoms with Gasteiger partial charge in [-0.2, -0.15) is 0 Å². The number of hydrogen-bond donors (Lipinski definition) is 2. The standard InChI is InChI=1S/C14H22N2O/c15-16-14(10-3-1-2-6-17-10)13-11-8-4-5-9(7-8)12(11)13/h3,8-9,11-14,16H,1-2,4-7,15H2. The highest BCUT2D eigenvalue weighted by Gasteiger charge is 2.67. The van der Waals surface area contributed by atoms with Crippen LogP contribution in [0.4, 0.5) is 0 Å². The first-order valence-electron chi connectivity index (χ1n) is 7.19. The molecule has 0 aromatic rings. The third-order valence-electron chi connectivity index (χ3n) is 5.63. The minimum atomic E-state index is 0.300. The largest absolute Gasteiger partial charge is 0.497 e. The number of hydrazine groups is 1. The average Bonchev–Trinajstić information content (AvgIpc) is 2.81. The first-order chi connectivity index (χ1) is 8.40. The van der Waals surface area contributed by atoms with Crippen LogP contribution in [0.15, 0.2) is 11.8 Å². The lowest BCUT2D eigenvalue weighted by molar-refractivity contribution is 0.156. The number of hydrogen-bond acceptors (Lipinski definition) is 3. The Morgan fingerprint density at radius 2 is 2.06 bits per heavy atom. The minimum Gasteiger partial charge on any atom is -0.497 e. The van der Waals surface area contributed by atoms with E-state index in [9.17, 15) is 0 Å².